The molecule has 1 heterocycles. The number of carbonyl (C=O) groups is 2. The molecule has 0 atom stereocenters. The van der Waals surface area contributed by atoms with E-state index in [2.05, 4.69) is 34.5 Å². The summed E-state index contributed by atoms with van der Waals surface area (Å²) in [7, 11) is 0. The summed E-state index contributed by atoms with van der Waals surface area (Å²) in [6.07, 6.45) is 2.59. The van der Waals surface area contributed by atoms with Gasteiger partial charge in [0, 0.05) is 18.7 Å². The molecule has 0 radical (unpaired) electrons. The van der Waals surface area contributed by atoms with Crippen LogP contribution in [0.1, 0.15) is 41.3 Å². The molecule has 1 N–H and O–H groups in total. The molecule has 0 aliphatic carbocycles. The summed E-state index contributed by atoms with van der Waals surface area (Å²) in [4.78, 5) is 25.8. The maximum Gasteiger partial charge on any atom is 0.258 e. The van der Waals surface area contributed by atoms with E-state index in [1.165, 1.54) is 38.4 Å². The minimum atomic E-state index is -0.190. The highest BCUT2D eigenvalue weighted by Crippen LogP contribution is 2.14. The molecular weight excluding hydrogens is 340 g/mol. The van der Waals surface area contributed by atoms with E-state index in [1.807, 2.05) is 0 Å². The molecule has 1 amide bonds. The lowest BCUT2D eigenvalue weighted by Gasteiger charge is -2.14. The van der Waals surface area contributed by atoms with Gasteiger partial charge in [-0.25, -0.2) is 0 Å². The van der Waals surface area contributed by atoms with Gasteiger partial charge in [0.25, 0.3) is 5.91 Å². The maximum absolute atomic E-state index is 12.0. The van der Waals surface area contributed by atoms with Gasteiger partial charge in [-0.1, -0.05) is 36.4 Å². The topological polar surface area (TPSA) is 58.6 Å². The highest BCUT2D eigenvalue weighted by molar-refractivity contribution is 5.94. The van der Waals surface area contributed by atoms with Gasteiger partial charge in [0.15, 0.2) is 12.4 Å². The minimum absolute atomic E-state index is 0.0296. The van der Waals surface area contributed by atoms with Gasteiger partial charge in [0.2, 0.25) is 0 Å². The molecule has 27 heavy (non-hydrogen) atoms. The fourth-order valence-electron chi connectivity index (χ4n) is 3.17. The average Bonchev–Trinajstić information content (AvgIpc) is 3.19. The van der Waals surface area contributed by atoms with E-state index in [-0.39, 0.29) is 18.3 Å². The number of hydrogen-bond acceptors (Lipinski definition) is 4. The second kappa shape index (κ2) is 9.33. The fraction of sp³-hybridized carbons (Fsp3) is 0.364. The second-order valence-electron chi connectivity index (χ2n) is 6.95. The first-order valence-electron chi connectivity index (χ1n) is 9.41. The number of carbonyl (C=O) groups excluding carboxylic acids is 2. The lowest BCUT2D eigenvalue weighted by Crippen LogP contribution is -2.28. The summed E-state index contributed by atoms with van der Waals surface area (Å²) < 4.78 is 5.47. The summed E-state index contributed by atoms with van der Waals surface area (Å²) in [6, 6.07) is 15.2. The molecule has 0 unspecified atom stereocenters. The Balaban J connectivity index is 1.42. The second-order valence-corrected chi connectivity index (χ2v) is 6.95. The molecule has 1 saturated heterocycles. The quantitative estimate of drug-likeness (QED) is 0.729. The molecule has 3 rings (SSSR count). The van der Waals surface area contributed by atoms with Crippen molar-refractivity contribution in [3.05, 3.63) is 65.2 Å². The van der Waals surface area contributed by atoms with Gasteiger partial charge < -0.3 is 10.1 Å². The normalized spacial score (nSPS) is 14.1. The van der Waals surface area contributed by atoms with E-state index >= 15 is 0 Å². The van der Waals surface area contributed by atoms with Gasteiger partial charge in [0.05, 0.1) is 0 Å². The molecule has 142 valence electrons. The third-order valence-electron chi connectivity index (χ3n) is 4.73. The van der Waals surface area contributed by atoms with Gasteiger partial charge in [0.1, 0.15) is 5.75 Å². The van der Waals surface area contributed by atoms with E-state index in [9.17, 15) is 9.59 Å². The Morgan fingerprint density at radius 2 is 1.74 bits per heavy atom. The number of ether oxygens (including phenoxy) is 1. The molecule has 5 nitrogen and oxygen atoms in total. The number of likely N-dealkylation sites (tertiary alicyclic amines) is 1. The van der Waals surface area contributed by atoms with Crippen molar-refractivity contribution in [2.24, 2.45) is 0 Å². The maximum atomic E-state index is 12.0. The highest BCUT2D eigenvalue weighted by Gasteiger charge is 2.11. The molecular formula is C22H26N2O3. The van der Waals surface area contributed by atoms with Gasteiger partial charge >= 0.3 is 0 Å². The molecule has 1 aliphatic rings. The highest BCUT2D eigenvalue weighted by atomic mass is 16.5. The summed E-state index contributed by atoms with van der Waals surface area (Å²) in [6.45, 7) is 5.27. The van der Waals surface area contributed by atoms with Crippen molar-refractivity contribution in [1.29, 1.82) is 0 Å². The number of rotatable bonds is 8. The van der Waals surface area contributed by atoms with Crippen LogP contribution in [-0.4, -0.2) is 36.3 Å². The van der Waals surface area contributed by atoms with Crippen LogP contribution in [-0.2, 0) is 17.9 Å². The first-order chi connectivity index (χ1) is 13.1. The Bertz CT molecular complexity index is 780. The largest absolute Gasteiger partial charge is 0.484 e. The first kappa shape index (κ1) is 19.1. The fourth-order valence-corrected chi connectivity index (χ4v) is 3.17. The van der Waals surface area contributed by atoms with Crippen LogP contribution in [0.25, 0.3) is 0 Å². The first-order valence-corrected chi connectivity index (χ1v) is 9.41. The van der Waals surface area contributed by atoms with Crippen LogP contribution >= 0.6 is 0 Å². The average molecular weight is 366 g/mol. The van der Waals surface area contributed by atoms with Crippen LogP contribution in [0.3, 0.4) is 0 Å². The van der Waals surface area contributed by atoms with Gasteiger partial charge in [-0.15, -0.1) is 0 Å². The van der Waals surface area contributed by atoms with Crippen molar-refractivity contribution in [2.45, 2.75) is 32.9 Å². The smallest absolute Gasteiger partial charge is 0.258 e. The third kappa shape index (κ3) is 5.93. The monoisotopic (exact) mass is 366 g/mol. The van der Waals surface area contributed by atoms with Gasteiger partial charge in [-0.3, -0.25) is 14.5 Å². The van der Waals surface area contributed by atoms with E-state index in [0.717, 1.165) is 12.1 Å². The van der Waals surface area contributed by atoms with Crippen LogP contribution in [0.4, 0.5) is 0 Å². The molecule has 0 aromatic heterocycles. The van der Waals surface area contributed by atoms with Crippen molar-refractivity contribution >= 4 is 11.7 Å². The molecule has 0 bridgehead atoms. The predicted octanol–water partition coefficient (Wildman–Crippen LogP) is 3.18. The zero-order valence-electron chi connectivity index (χ0n) is 15.7. The Hall–Kier alpha value is -2.66. The number of ketones is 1. The summed E-state index contributed by atoms with van der Waals surface area (Å²) in [5.74, 6) is 0.298. The molecule has 0 spiro atoms. The van der Waals surface area contributed by atoms with Crippen molar-refractivity contribution in [1.82, 2.24) is 10.2 Å². The molecule has 1 fully saturated rings. The van der Waals surface area contributed by atoms with Crippen LogP contribution in [0.2, 0.25) is 0 Å². The van der Waals surface area contributed by atoms with E-state index in [0.29, 0.717) is 17.9 Å². The number of nitrogens with one attached hydrogen (secondary N) is 1. The number of Topliss-reactive ketones (excluding diaryl/α,β-unsaturated/α-hetero) is 1. The summed E-state index contributed by atoms with van der Waals surface area (Å²) in [5, 5.41) is 2.86. The standard InChI is InChI=1S/C22H26N2O3/c1-17(25)20-5-4-6-21(13-20)27-16-22(26)23-14-18-7-9-19(10-8-18)15-24-11-2-3-12-24/h4-10,13H,2-3,11-12,14-16H2,1H3,(H,23,26). The van der Waals surface area contributed by atoms with E-state index in [4.69, 9.17) is 4.74 Å². The Morgan fingerprint density at radius 3 is 2.44 bits per heavy atom. The Labute approximate surface area is 160 Å². The van der Waals surface area contributed by atoms with Gasteiger partial charge in [-0.05, 0) is 56.1 Å². The Morgan fingerprint density at radius 1 is 1.04 bits per heavy atom. The van der Waals surface area contributed by atoms with Crippen LogP contribution < -0.4 is 10.1 Å². The molecule has 1 aliphatic heterocycles. The molecule has 2 aromatic carbocycles. The number of amides is 1. The molecule has 0 saturated carbocycles. The summed E-state index contributed by atoms with van der Waals surface area (Å²) in [5.41, 5.74) is 2.94. The number of nitrogens with zero attached hydrogens (tertiary/aromatic N) is 1. The van der Waals surface area contributed by atoms with Crippen LogP contribution in [0.15, 0.2) is 48.5 Å². The van der Waals surface area contributed by atoms with E-state index in [1.54, 1.807) is 24.3 Å². The number of benzene rings is 2. The lowest BCUT2D eigenvalue weighted by molar-refractivity contribution is -0.123. The zero-order chi connectivity index (χ0) is 19.1. The molecule has 2 aromatic rings. The van der Waals surface area contributed by atoms with Crippen LogP contribution in [0.5, 0.6) is 5.75 Å². The van der Waals surface area contributed by atoms with Crippen molar-refractivity contribution < 1.29 is 14.3 Å². The summed E-state index contributed by atoms with van der Waals surface area (Å²) >= 11 is 0. The number of hydrogen-bond donors (Lipinski definition) is 1. The predicted molar refractivity (Wildman–Crippen MR) is 105 cm³/mol. The minimum Gasteiger partial charge on any atom is -0.484 e. The van der Waals surface area contributed by atoms with E-state index < -0.39 is 0 Å². The zero-order valence-corrected chi connectivity index (χ0v) is 15.7. The van der Waals surface area contributed by atoms with Crippen molar-refractivity contribution in [2.75, 3.05) is 19.7 Å². The van der Waals surface area contributed by atoms with Crippen molar-refractivity contribution in [3.63, 3.8) is 0 Å². The molecule has 5 heteroatoms. The lowest BCUT2D eigenvalue weighted by atomic mass is 10.1. The Kier molecular flexibility index (Phi) is 6.60. The third-order valence-corrected chi connectivity index (χ3v) is 4.73. The van der Waals surface area contributed by atoms with Gasteiger partial charge in [-0.2, -0.15) is 0 Å². The SMILES string of the molecule is CC(=O)c1cccc(OCC(=O)NCc2ccc(CN3CCCC3)cc2)c1. The van der Waals surface area contributed by atoms with Crippen LogP contribution in [0, 0.1) is 0 Å². The van der Waals surface area contributed by atoms with Crippen molar-refractivity contribution in [3.8, 4) is 5.75 Å².